The molecule has 2 aromatic rings. The molecule has 3 heterocycles. The van der Waals surface area contributed by atoms with Gasteiger partial charge in [-0.1, -0.05) is 0 Å². The molecule has 2 aromatic heterocycles. The highest BCUT2D eigenvalue weighted by Gasteiger charge is 2.30. The molecule has 1 fully saturated rings. The molecule has 7 heteroatoms. The van der Waals surface area contributed by atoms with Gasteiger partial charge in [-0.15, -0.1) is 10.2 Å². The lowest BCUT2D eigenvalue weighted by Gasteiger charge is -2.32. The van der Waals surface area contributed by atoms with E-state index in [2.05, 4.69) is 33.7 Å². The number of amides is 1. The van der Waals surface area contributed by atoms with Crippen molar-refractivity contribution in [1.29, 1.82) is 0 Å². The van der Waals surface area contributed by atoms with E-state index in [4.69, 9.17) is 0 Å². The van der Waals surface area contributed by atoms with Crippen LogP contribution in [0.1, 0.15) is 73.1 Å². The Bertz CT molecular complexity index is 752. The van der Waals surface area contributed by atoms with Crippen molar-refractivity contribution in [3.05, 3.63) is 29.1 Å². The zero-order valence-electron chi connectivity index (χ0n) is 15.9. The van der Waals surface area contributed by atoms with Crippen molar-refractivity contribution in [2.75, 3.05) is 13.1 Å². The van der Waals surface area contributed by atoms with Crippen LogP contribution in [0.15, 0.2) is 6.33 Å². The average Bonchev–Trinajstić information content (AvgIpc) is 3.19. The Balaban J connectivity index is 1.71. The summed E-state index contributed by atoms with van der Waals surface area (Å²) in [5.41, 5.74) is 2.56. The van der Waals surface area contributed by atoms with Gasteiger partial charge < -0.3 is 9.47 Å². The topological polar surface area (TPSA) is 68.8 Å². The summed E-state index contributed by atoms with van der Waals surface area (Å²) in [5.74, 6) is 1.53. The van der Waals surface area contributed by atoms with Crippen molar-refractivity contribution in [3.63, 3.8) is 0 Å². The Kier molecular flexibility index (Phi) is 4.92. The molecule has 0 aromatic carbocycles. The van der Waals surface area contributed by atoms with Crippen LogP contribution < -0.4 is 0 Å². The standard InChI is InChI=1S/C18H28N6O/c1-6-24-14(5)16(13(4)21-24)18(25)22-9-7-15(8-10-22)17-20-19-11-23(17)12(2)3/h11-12,15H,6-10H2,1-5H3. The van der Waals surface area contributed by atoms with Gasteiger partial charge in [-0.25, -0.2) is 0 Å². The first-order valence-corrected chi connectivity index (χ1v) is 9.16. The second-order valence-electron chi connectivity index (χ2n) is 7.12. The fourth-order valence-electron chi connectivity index (χ4n) is 3.75. The zero-order chi connectivity index (χ0) is 18.1. The van der Waals surface area contributed by atoms with E-state index in [1.165, 1.54) is 0 Å². The lowest BCUT2D eigenvalue weighted by molar-refractivity contribution is 0.0708. The number of rotatable bonds is 4. The van der Waals surface area contributed by atoms with Crippen molar-refractivity contribution in [2.24, 2.45) is 0 Å². The molecule has 3 rings (SSSR count). The predicted octanol–water partition coefficient (Wildman–Crippen LogP) is 2.71. The number of carbonyl (C=O) groups excluding carboxylic acids is 1. The van der Waals surface area contributed by atoms with Crippen LogP contribution in [-0.2, 0) is 6.54 Å². The van der Waals surface area contributed by atoms with Gasteiger partial charge in [0.1, 0.15) is 12.2 Å². The van der Waals surface area contributed by atoms with Crippen LogP contribution >= 0.6 is 0 Å². The van der Waals surface area contributed by atoms with Crippen LogP contribution in [0.2, 0.25) is 0 Å². The molecule has 1 aliphatic rings. The van der Waals surface area contributed by atoms with Gasteiger partial charge in [-0.3, -0.25) is 9.48 Å². The SMILES string of the molecule is CCn1nc(C)c(C(=O)N2CCC(c3nncn3C(C)C)CC2)c1C. The molecule has 0 unspecified atom stereocenters. The Labute approximate surface area is 149 Å². The van der Waals surface area contributed by atoms with Gasteiger partial charge >= 0.3 is 0 Å². The van der Waals surface area contributed by atoms with Gasteiger partial charge in [-0.2, -0.15) is 5.10 Å². The van der Waals surface area contributed by atoms with Crippen LogP contribution in [0.25, 0.3) is 0 Å². The Morgan fingerprint density at radius 3 is 2.52 bits per heavy atom. The molecule has 0 N–H and O–H groups in total. The van der Waals surface area contributed by atoms with Crippen molar-refractivity contribution < 1.29 is 4.79 Å². The second-order valence-corrected chi connectivity index (χ2v) is 7.12. The van der Waals surface area contributed by atoms with Crippen molar-refractivity contribution in [1.82, 2.24) is 29.4 Å². The first-order valence-electron chi connectivity index (χ1n) is 9.16. The van der Waals surface area contributed by atoms with Gasteiger partial charge in [0.15, 0.2) is 0 Å². The lowest BCUT2D eigenvalue weighted by Crippen LogP contribution is -2.39. The molecular weight excluding hydrogens is 316 g/mol. The Hall–Kier alpha value is -2.18. The van der Waals surface area contributed by atoms with Crippen molar-refractivity contribution >= 4 is 5.91 Å². The normalized spacial score (nSPS) is 16.0. The molecular formula is C18H28N6O. The number of likely N-dealkylation sites (tertiary alicyclic amines) is 1. The monoisotopic (exact) mass is 344 g/mol. The molecule has 25 heavy (non-hydrogen) atoms. The number of aryl methyl sites for hydroxylation is 2. The smallest absolute Gasteiger partial charge is 0.257 e. The predicted molar refractivity (Wildman–Crippen MR) is 95.7 cm³/mol. The number of carbonyl (C=O) groups is 1. The molecule has 0 saturated carbocycles. The van der Waals surface area contributed by atoms with E-state index >= 15 is 0 Å². The number of hydrogen-bond donors (Lipinski definition) is 0. The minimum absolute atomic E-state index is 0.110. The first kappa shape index (κ1) is 17.6. The highest BCUT2D eigenvalue weighted by molar-refractivity contribution is 5.96. The molecule has 0 bridgehead atoms. The maximum absolute atomic E-state index is 13.0. The summed E-state index contributed by atoms with van der Waals surface area (Å²) in [6.45, 7) is 12.5. The van der Waals surface area contributed by atoms with Crippen LogP contribution in [0.4, 0.5) is 0 Å². The molecule has 0 atom stereocenters. The maximum Gasteiger partial charge on any atom is 0.257 e. The van der Waals surface area contributed by atoms with E-state index < -0.39 is 0 Å². The third-order valence-electron chi connectivity index (χ3n) is 5.20. The zero-order valence-corrected chi connectivity index (χ0v) is 15.9. The number of hydrogen-bond acceptors (Lipinski definition) is 4. The van der Waals surface area contributed by atoms with Gasteiger partial charge in [0.2, 0.25) is 0 Å². The largest absolute Gasteiger partial charge is 0.338 e. The van der Waals surface area contributed by atoms with Crippen molar-refractivity contribution in [2.45, 2.75) is 66.0 Å². The quantitative estimate of drug-likeness (QED) is 0.855. The molecule has 0 aliphatic carbocycles. The fourth-order valence-corrected chi connectivity index (χ4v) is 3.75. The van der Waals surface area contributed by atoms with E-state index in [1.54, 1.807) is 0 Å². The minimum Gasteiger partial charge on any atom is -0.338 e. The lowest BCUT2D eigenvalue weighted by atomic mass is 9.95. The summed E-state index contributed by atoms with van der Waals surface area (Å²) in [7, 11) is 0. The second kappa shape index (κ2) is 6.98. The highest BCUT2D eigenvalue weighted by Crippen LogP contribution is 2.29. The van der Waals surface area contributed by atoms with E-state index in [1.807, 2.05) is 36.7 Å². The van der Waals surface area contributed by atoms with Gasteiger partial charge in [0.05, 0.1) is 11.3 Å². The number of nitrogens with zero attached hydrogens (tertiary/aromatic N) is 6. The van der Waals surface area contributed by atoms with E-state index in [-0.39, 0.29) is 5.91 Å². The molecule has 0 spiro atoms. The molecule has 1 amide bonds. The highest BCUT2D eigenvalue weighted by atomic mass is 16.2. The van der Waals surface area contributed by atoms with Crippen LogP contribution in [0.5, 0.6) is 0 Å². The summed E-state index contributed by atoms with van der Waals surface area (Å²) < 4.78 is 4.04. The van der Waals surface area contributed by atoms with Crippen molar-refractivity contribution in [3.8, 4) is 0 Å². The number of aromatic nitrogens is 5. The van der Waals surface area contributed by atoms with Crippen LogP contribution in [-0.4, -0.2) is 48.4 Å². The molecule has 1 aliphatic heterocycles. The molecule has 0 radical (unpaired) electrons. The van der Waals surface area contributed by atoms with Crippen LogP contribution in [0.3, 0.4) is 0 Å². The van der Waals surface area contributed by atoms with E-state index in [0.717, 1.165) is 55.3 Å². The summed E-state index contributed by atoms with van der Waals surface area (Å²) in [4.78, 5) is 14.9. The number of piperidine rings is 1. The van der Waals surface area contributed by atoms with E-state index in [9.17, 15) is 4.79 Å². The van der Waals surface area contributed by atoms with Gasteiger partial charge in [0, 0.05) is 37.3 Å². The summed E-state index contributed by atoms with van der Waals surface area (Å²) in [6.07, 6.45) is 3.66. The summed E-state index contributed by atoms with van der Waals surface area (Å²) in [6, 6.07) is 0.356. The minimum atomic E-state index is 0.110. The molecule has 1 saturated heterocycles. The summed E-state index contributed by atoms with van der Waals surface area (Å²) in [5, 5.41) is 12.9. The molecule has 136 valence electrons. The Morgan fingerprint density at radius 1 is 1.28 bits per heavy atom. The first-order chi connectivity index (χ1) is 11.9. The molecule has 7 nitrogen and oxygen atoms in total. The van der Waals surface area contributed by atoms with Crippen LogP contribution in [0, 0.1) is 13.8 Å². The maximum atomic E-state index is 13.0. The third-order valence-corrected chi connectivity index (χ3v) is 5.20. The third kappa shape index (κ3) is 3.19. The van der Waals surface area contributed by atoms with E-state index in [0.29, 0.717) is 12.0 Å². The Morgan fingerprint density at radius 2 is 1.96 bits per heavy atom. The van der Waals surface area contributed by atoms with Gasteiger partial charge in [-0.05, 0) is 47.5 Å². The fraction of sp³-hybridized carbons (Fsp3) is 0.667. The average molecular weight is 344 g/mol. The summed E-state index contributed by atoms with van der Waals surface area (Å²) >= 11 is 0. The van der Waals surface area contributed by atoms with Gasteiger partial charge in [0.25, 0.3) is 5.91 Å².